The first-order valence-electron chi connectivity index (χ1n) is 13.4. The first-order valence-corrected chi connectivity index (χ1v) is 13.4. The molecule has 0 bridgehead atoms. The molecule has 0 spiro atoms. The molecule has 0 N–H and O–H groups in total. The predicted molar refractivity (Wildman–Crippen MR) is 135 cm³/mol. The number of benzene rings is 1. The number of nitrogens with zero attached hydrogens (tertiary/aromatic N) is 3. The summed E-state index contributed by atoms with van der Waals surface area (Å²) in [5, 5.41) is 0. The van der Waals surface area contributed by atoms with Gasteiger partial charge in [0.1, 0.15) is 5.60 Å². The number of carbonyl (C=O) groups is 1. The van der Waals surface area contributed by atoms with Crippen LogP contribution in [0.4, 0.5) is 13.6 Å². The van der Waals surface area contributed by atoms with Gasteiger partial charge in [0, 0.05) is 26.2 Å². The van der Waals surface area contributed by atoms with Crippen LogP contribution in [0, 0.1) is 11.8 Å². The number of rotatable bonds is 5. The van der Waals surface area contributed by atoms with Crippen molar-refractivity contribution < 1.29 is 18.3 Å². The molecular weight excluding hydrogens is 448 g/mol. The van der Waals surface area contributed by atoms with Crippen molar-refractivity contribution >= 4 is 6.09 Å². The number of halogens is 2. The van der Waals surface area contributed by atoms with Gasteiger partial charge in [-0.05, 0) is 89.8 Å². The molecule has 5 nitrogen and oxygen atoms in total. The summed E-state index contributed by atoms with van der Waals surface area (Å²) in [4.78, 5) is 18.1. The molecule has 0 aliphatic carbocycles. The summed E-state index contributed by atoms with van der Waals surface area (Å²) in [6.07, 6.45) is 5.52. The van der Waals surface area contributed by atoms with Gasteiger partial charge in [0.15, 0.2) is 0 Å². The zero-order chi connectivity index (χ0) is 25.1. The average Bonchev–Trinajstić information content (AvgIpc) is 2.79. The third kappa shape index (κ3) is 7.39. The molecule has 0 aromatic heterocycles. The molecule has 1 atom stereocenters. The van der Waals surface area contributed by atoms with Gasteiger partial charge in [-0.2, -0.15) is 0 Å². The molecule has 3 fully saturated rings. The minimum Gasteiger partial charge on any atom is -0.444 e. The van der Waals surface area contributed by atoms with Crippen LogP contribution < -0.4 is 0 Å². The maximum atomic E-state index is 15.2. The molecule has 1 aromatic rings. The van der Waals surface area contributed by atoms with Gasteiger partial charge < -0.3 is 9.64 Å². The van der Waals surface area contributed by atoms with Crippen molar-refractivity contribution in [3.8, 4) is 0 Å². The van der Waals surface area contributed by atoms with Crippen molar-refractivity contribution in [3.05, 3.63) is 35.9 Å². The Kier molecular flexibility index (Phi) is 8.37. The molecule has 3 aliphatic rings. The zero-order valence-electron chi connectivity index (χ0n) is 21.7. The standard InChI is InChI=1S/C28H43F2N3O2/c1-27(2,3)35-26(34)33-17-11-23(12-18-33)19-22-9-15-32(16-10-22)25-13-14-31(21-28(25,29)30)20-24-7-5-4-6-8-24/h4-8,22-23,25H,9-21H2,1-3H3. The number of ether oxygens (including phenoxy) is 1. The van der Waals surface area contributed by atoms with Crippen LogP contribution in [-0.2, 0) is 11.3 Å². The summed E-state index contributed by atoms with van der Waals surface area (Å²) in [5.74, 6) is -1.45. The zero-order valence-corrected chi connectivity index (χ0v) is 21.7. The van der Waals surface area contributed by atoms with Crippen molar-refractivity contribution in [1.82, 2.24) is 14.7 Å². The van der Waals surface area contributed by atoms with E-state index in [2.05, 4.69) is 4.90 Å². The lowest BCUT2D eigenvalue weighted by Crippen LogP contribution is -2.59. The number of alkyl halides is 2. The Balaban J connectivity index is 1.18. The molecule has 1 amide bonds. The van der Waals surface area contributed by atoms with Gasteiger partial charge in [0.25, 0.3) is 5.92 Å². The normalized spacial score (nSPS) is 25.5. The summed E-state index contributed by atoms with van der Waals surface area (Å²) in [7, 11) is 0. The van der Waals surface area contributed by atoms with Crippen LogP contribution in [-0.4, -0.2) is 77.6 Å². The molecule has 35 heavy (non-hydrogen) atoms. The number of likely N-dealkylation sites (tertiary alicyclic amines) is 3. The van der Waals surface area contributed by atoms with Crippen molar-refractivity contribution in [3.63, 3.8) is 0 Å². The molecule has 7 heteroatoms. The lowest BCUT2D eigenvalue weighted by atomic mass is 9.82. The van der Waals surface area contributed by atoms with E-state index < -0.39 is 17.6 Å². The molecule has 0 radical (unpaired) electrons. The minimum atomic E-state index is -2.67. The van der Waals surface area contributed by atoms with E-state index in [-0.39, 0.29) is 12.6 Å². The SMILES string of the molecule is CC(C)(C)OC(=O)N1CCC(CC2CCN(C3CCN(Cc4ccccc4)CC3(F)F)CC2)CC1. The number of piperidine rings is 3. The molecule has 196 valence electrons. The smallest absolute Gasteiger partial charge is 0.410 e. The van der Waals surface area contributed by atoms with Crippen LogP contribution in [0.3, 0.4) is 0 Å². The van der Waals surface area contributed by atoms with Crippen molar-refractivity contribution in [2.75, 3.05) is 39.3 Å². The van der Waals surface area contributed by atoms with Gasteiger partial charge >= 0.3 is 6.09 Å². The molecule has 3 saturated heterocycles. The molecule has 0 saturated carbocycles. The van der Waals surface area contributed by atoms with Gasteiger partial charge in [-0.15, -0.1) is 0 Å². The Labute approximate surface area is 209 Å². The van der Waals surface area contributed by atoms with E-state index in [1.807, 2.05) is 60.9 Å². The highest BCUT2D eigenvalue weighted by atomic mass is 19.3. The Hall–Kier alpha value is -1.73. The van der Waals surface area contributed by atoms with Crippen LogP contribution in [0.5, 0.6) is 0 Å². The van der Waals surface area contributed by atoms with Crippen LogP contribution in [0.15, 0.2) is 30.3 Å². The highest BCUT2D eigenvalue weighted by Crippen LogP contribution is 2.36. The van der Waals surface area contributed by atoms with Crippen LogP contribution in [0.2, 0.25) is 0 Å². The minimum absolute atomic E-state index is 0.150. The Morgan fingerprint density at radius 2 is 1.54 bits per heavy atom. The van der Waals surface area contributed by atoms with E-state index >= 15 is 8.78 Å². The Morgan fingerprint density at radius 3 is 2.11 bits per heavy atom. The summed E-state index contributed by atoms with van der Waals surface area (Å²) < 4.78 is 35.8. The number of carbonyl (C=O) groups excluding carboxylic acids is 1. The second kappa shape index (κ2) is 11.1. The first-order chi connectivity index (χ1) is 16.6. The molecule has 3 heterocycles. The molecule has 3 aliphatic heterocycles. The topological polar surface area (TPSA) is 36.0 Å². The largest absolute Gasteiger partial charge is 0.444 e. The van der Waals surface area contributed by atoms with Crippen molar-refractivity contribution in [1.29, 1.82) is 0 Å². The lowest BCUT2D eigenvalue weighted by Gasteiger charge is -2.46. The summed E-state index contributed by atoms with van der Waals surface area (Å²) in [5.41, 5.74) is 0.636. The van der Waals surface area contributed by atoms with E-state index in [0.29, 0.717) is 24.8 Å². The van der Waals surface area contributed by atoms with E-state index in [4.69, 9.17) is 4.74 Å². The van der Waals surface area contributed by atoms with Gasteiger partial charge in [0.05, 0.1) is 12.6 Å². The maximum absolute atomic E-state index is 15.2. The quantitative estimate of drug-likeness (QED) is 0.534. The van der Waals surface area contributed by atoms with Crippen LogP contribution in [0.1, 0.15) is 64.9 Å². The number of amides is 1. The predicted octanol–water partition coefficient (Wildman–Crippen LogP) is 5.65. The molecule has 4 rings (SSSR count). The van der Waals surface area contributed by atoms with E-state index in [0.717, 1.165) is 70.4 Å². The molecule has 1 unspecified atom stereocenters. The van der Waals surface area contributed by atoms with Gasteiger partial charge in [-0.3, -0.25) is 9.80 Å². The first kappa shape index (κ1) is 26.3. The summed E-state index contributed by atoms with van der Waals surface area (Å²) >= 11 is 0. The number of hydrogen-bond donors (Lipinski definition) is 0. The second-order valence-corrected chi connectivity index (χ2v) is 11.9. The highest BCUT2D eigenvalue weighted by Gasteiger charge is 2.47. The summed E-state index contributed by atoms with van der Waals surface area (Å²) in [6.45, 7) is 9.93. The van der Waals surface area contributed by atoms with E-state index in [9.17, 15) is 4.79 Å². The maximum Gasteiger partial charge on any atom is 0.410 e. The number of hydrogen-bond acceptors (Lipinski definition) is 4. The van der Waals surface area contributed by atoms with E-state index in [1.165, 1.54) is 0 Å². The summed E-state index contributed by atoms with van der Waals surface area (Å²) in [6, 6.07) is 9.28. The highest BCUT2D eigenvalue weighted by molar-refractivity contribution is 5.68. The molecular formula is C28H43F2N3O2. The fourth-order valence-electron chi connectivity index (χ4n) is 6.07. The fourth-order valence-corrected chi connectivity index (χ4v) is 6.07. The Morgan fingerprint density at radius 1 is 0.943 bits per heavy atom. The van der Waals surface area contributed by atoms with Crippen molar-refractivity contribution in [2.24, 2.45) is 11.8 Å². The third-order valence-corrected chi connectivity index (χ3v) is 7.91. The van der Waals surface area contributed by atoms with Gasteiger partial charge in [-0.25, -0.2) is 13.6 Å². The third-order valence-electron chi connectivity index (χ3n) is 7.91. The second-order valence-electron chi connectivity index (χ2n) is 11.9. The van der Waals surface area contributed by atoms with Gasteiger partial charge in [0.2, 0.25) is 0 Å². The van der Waals surface area contributed by atoms with Crippen LogP contribution >= 0.6 is 0 Å². The van der Waals surface area contributed by atoms with E-state index in [1.54, 1.807) is 0 Å². The Bertz CT molecular complexity index is 813. The fraction of sp³-hybridized carbons (Fsp3) is 0.750. The lowest BCUT2D eigenvalue weighted by molar-refractivity contribution is -0.134. The van der Waals surface area contributed by atoms with Gasteiger partial charge in [-0.1, -0.05) is 30.3 Å². The monoisotopic (exact) mass is 491 g/mol. The average molecular weight is 492 g/mol. The van der Waals surface area contributed by atoms with Crippen LogP contribution in [0.25, 0.3) is 0 Å². The molecule has 1 aromatic carbocycles. The van der Waals surface area contributed by atoms with Crippen molar-refractivity contribution in [2.45, 2.75) is 83.4 Å².